The van der Waals surface area contributed by atoms with Gasteiger partial charge < -0.3 is 15.1 Å². The summed E-state index contributed by atoms with van der Waals surface area (Å²) in [6, 6.07) is 7.11. The molecule has 1 aromatic carbocycles. The smallest absolute Gasteiger partial charge is 0.238 e. The molecule has 1 saturated heterocycles. The van der Waals surface area contributed by atoms with E-state index in [1.165, 1.54) is 0 Å². The highest BCUT2D eigenvalue weighted by Gasteiger charge is 2.50. The zero-order chi connectivity index (χ0) is 14.3. The van der Waals surface area contributed by atoms with Crippen LogP contribution in [0.1, 0.15) is 37.3 Å². The number of nitrogens with zero attached hydrogens (tertiary/aromatic N) is 1. The van der Waals surface area contributed by atoms with Crippen LogP contribution in [0.25, 0.3) is 0 Å². The monoisotopic (exact) mass is 293 g/mol. The van der Waals surface area contributed by atoms with Crippen LogP contribution in [-0.2, 0) is 4.79 Å². The lowest BCUT2D eigenvalue weighted by molar-refractivity contribution is -0.150. The molecular weight excluding hydrogens is 274 g/mol. The third-order valence-corrected chi connectivity index (χ3v) is 4.92. The number of rotatable bonds is 2. The summed E-state index contributed by atoms with van der Waals surface area (Å²) in [5.74, 6) is 0.243. The Hall–Kier alpha value is -1.20. The normalized spacial score (nSPS) is 33.9. The van der Waals surface area contributed by atoms with Crippen molar-refractivity contribution in [2.75, 3.05) is 0 Å². The Kier molecular flexibility index (Phi) is 3.65. The zero-order valence-corrected chi connectivity index (χ0v) is 12.0. The van der Waals surface area contributed by atoms with E-state index in [9.17, 15) is 15.0 Å². The number of benzene rings is 1. The molecule has 0 radical (unpaired) electrons. The van der Waals surface area contributed by atoms with Gasteiger partial charge in [0.25, 0.3) is 0 Å². The number of carbonyl (C=O) groups excluding carboxylic acids is 1. The molecule has 0 unspecified atom stereocenters. The van der Waals surface area contributed by atoms with Gasteiger partial charge in [-0.1, -0.05) is 18.2 Å². The van der Waals surface area contributed by atoms with E-state index < -0.39 is 0 Å². The summed E-state index contributed by atoms with van der Waals surface area (Å²) in [6.45, 7) is 0. The predicted molar refractivity (Wildman–Crippen MR) is 78.7 cm³/mol. The maximum absolute atomic E-state index is 12.1. The first-order valence-electron chi connectivity index (χ1n) is 7.06. The number of aromatic hydroxyl groups is 1. The van der Waals surface area contributed by atoms with E-state index in [2.05, 4.69) is 12.6 Å². The minimum atomic E-state index is -0.379. The van der Waals surface area contributed by atoms with Crippen molar-refractivity contribution in [2.45, 2.75) is 49.1 Å². The van der Waals surface area contributed by atoms with Gasteiger partial charge in [-0.15, -0.1) is 0 Å². The molecule has 4 nitrogen and oxygen atoms in total. The van der Waals surface area contributed by atoms with Crippen molar-refractivity contribution in [3.05, 3.63) is 29.8 Å². The molecule has 2 atom stereocenters. The number of para-hydroxylation sites is 1. The van der Waals surface area contributed by atoms with Gasteiger partial charge in [0.1, 0.15) is 11.0 Å². The number of aliphatic hydroxyl groups is 1. The van der Waals surface area contributed by atoms with E-state index in [1.54, 1.807) is 12.1 Å². The van der Waals surface area contributed by atoms with Crippen LogP contribution in [0.4, 0.5) is 0 Å². The van der Waals surface area contributed by atoms with Crippen molar-refractivity contribution in [2.24, 2.45) is 0 Å². The summed E-state index contributed by atoms with van der Waals surface area (Å²) in [4.78, 5) is 14.0. The zero-order valence-electron chi connectivity index (χ0n) is 11.1. The average molecular weight is 293 g/mol. The van der Waals surface area contributed by atoms with Crippen LogP contribution >= 0.6 is 12.6 Å². The molecular formula is C15H19NO3S. The Balaban J connectivity index is 1.83. The number of likely N-dealkylation sites (tertiary alicyclic amines) is 1. The second kappa shape index (κ2) is 5.30. The molecule has 3 rings (SSSR count). The largest absolute Gasteiger partial charge is 0.508 e. The number of amides is 1. The fourth-order valence-electron chi connectivity index (χ4n) is 3.30. The molecule has 2 N–H and O–H groups in total. The number of thiol groups is 1. The molecule has 1 aromatic rings. The van der Waals surface area contributed by atoms with Gasteiger partial charge in [0.05, 0.1) is 12.1 Å². The topological polar surface area (TPSA) is 60.8 Å². The Labute approximate surface area is 123 Å². The van der Waals surface area contributed by atoms with E-state index in [-0.39, 0.29) is 35.1 Å². The second-order valence-electron chi connectivity index (χ2n) is 5.66. The van der Waals surface area contributed by atoms with E-state index in [0.717, 1.165) is 31.2 Å². The molecule has 20 heavy (non-hydrogen) atoms. The Morgan fingerprint density at radius 2 is 1.80 bits per heavy atom. The molecule has 1 aliphatic heterocycles. The quantitative estimate of drug-likeness (QED) is 0.576. The molecule has 0 bridgehead atoms. The third kappa shape index (κ3) is 2.19. The molecule has 108 valence electrons. The number of β-lactam (4-membered cyclic amide) rings is 1. The number of aliphatic hydroxyl groups excluding tert-OH is 1. The first-order valence-corrected chi connectivity index (χ1v) is 7.57. The number of phenolic OH excluding ortho intramolecular Hbond substituents is 1. The van der Waals surface area contributed by atoms with Crippen LogP contribution < -0.4 is 0 Å². The first-order chi connectivity index (χ1) is 9.59. The third-order valence-electron chi connectivity index (χ3n) is 4.42. The van der Waals surface area contributed by atoms with Crippen molar-refractivity contribution in [3.8, 4) is 5.75 Å². The number of phenols is 1. The SMILES string of the molecule is O=C1[C@@H](S)[C@H](c2ccccc2O)N1C1CCC(O)CC1. The van der Waals surface area contributed by atoms with Gasteiger partial charge in [-0.25, -0.2) is 0 Å². The Morgan fingerprint density at radius 3 is 2.45 bits per heavy atom. The summed E-state index contributed by atoms with van der Waals surface area (Å²) in [6.07, 6.45) is 2.87. The highest BCUT2D eigenvalue weighted by molar-refractivity contribution is 7.82. The van der Waals surface area contributed by atoms with E-state index in [4.69, 9.17) is 0 Å². The molecule has 1 aliphatic carbocycles. The molecule has 2 aliphatic rings. The predicted octanol–water partition coefficient (Wildman–Crippen LogP) is 1.88. The Morgan fingerprint density at radius 1 is 1.15 bits per heavy atom. The maximum atomic E-state index is 12.1. The van der Waals surface area contributed by atoms with Crippen molar-refractivity contribution >= 4 is 18.5 Å². The molecule has 0 aromatic heterocycles. The molecule has 2 fully saturated rings. The Bertz CT molecular complexity index is 514. The van der Waals surface area contributed by atoms with Gasteiger partial charge in [-0.2, -0.15) is 12.6 Å². The maximum Gasteiger partial charge on any atom is 0.238 e. The van der Waals surface area contributed by atoms with Crippen LogP contribution in [0.2, 0.25) is 0 Å². The van der Waals surface area contributed by atoms with Crippen LogP contribution in [-0.4, -0.2) is 38.4 Å². The van der Waals surface area contributed by atoms with Crippen LogP contribution in [0.3, 0.4) is 0 Å². The van der Waals surface area contributed by atoms with Crippen LogP contribution in [0.5, 0.6) is 5.75 Å². The first kappa shape index (κ1) is 13.8. The molecule has 1 amide bonds. The van der Waals surface area contributed by atoms with Crippen molar-refractivity contribution in [1.82, 2.24) is 4.90 Å². The van der Waals surface area contributed by atoms with E-state index in [0.29, 0.717) is 0 Å². The number of hydrogen-bond acceptors (Lipinski definition) is 4. The fraction of sp³-hybridized carbons (Fsp3) is 0.533. The van der Waals surface area contributed by atoms with Gasteiger partial charge in [-0.05, 0) is 31.7 Å². The second-order valence-corrected chi connectivity index (χ2v) is 6.21. The van der Waals surface area contributed by atoms with Gasteiger partial charge in [-0.3, -0.25) is 4.79 Å². The van der Waals surface area contributed by atoms with Gasteiger partial charge in [0.15, 0.2) is 0 Å². The molecule has 0 spiro atoms. The van der Waals surface area contributed by atoms with Crippen molar-refractivity contribution < 1.29 is 15.0 Å². The number of hydrogen-bond donors (Lipinski definition) is 3. The highest BCUT2D eigenvalue weighted by Crippen LogP contribution is 2.45. The van der Waals surface area contributed by atoms with Crippen LogP contribution in [0, 0.1) is 0 Å². The highest BCUT2D eigenvalue weighted by atomic mass is 32.1. The fourth-order valence-corrected chi connectivity index (χ4v) is 3.73. The van der Waals surface area contributed by atoms with Crippen LogP contribution in [0.15, 0.2) is 24.3 Å². The molecule has 1 heterocycles. The summed E-state index contributed by atoms with van der Waals surface area (Å²) in [7, 11) is 0. The average Bonchev–Trinajstić information content (AvgIpc) is 2.46. The van der Waals surface area contributed by atoms with E-state index >= 15 is 0 Å². The van der Waals surface area contributed by atoms with Crippen molar-refractivity contribution in [3.63, 3.8) is 0 Å². The lowest BCUT2D eigenvalue weighted by atomic mass is 9.84. The standard InChI is InChI=1S/C15H19NO3S/c17-10-7-5-9(6-8-10)16-13(14(20)15(16)19)11-3-1-2-4-12(11)18/h1-4,9-10,13-14,17-18,20H,5-8H2/t9?,10?,13-,14-/m0/s1. The van der Waals surface area contributed by atoms with Crippen molar-refractivity contribution in [1.29, 1.82) is 0 Å². The molecule has 1 saturated carbocycles. The summed E-state index contributed by atoms with van der Waals surface area (Å²) < 4.78 is 0. The molecule has 5 heteroatoms. The summed E-state index contributed by atoms with van der Waals surface area (Å²) in [5.41, 5.74) is 0.762. The van der Waals surface area contributed by atoms with E-state index in [1.807, 2.05) is 17.0 Å². The summed E-state index contributed by atoms with van der Waals surface area (Å²) in [5, 5.41) is 19.2. The minimum absolute atomic E-state index is 0.0305. The van der Waals surface area contributed by atoms with Gasteiger partial charge >= 0.3 is 0 Å². The van der Waals surface area contributed by atoms with Gasteiger partial charge in [0.2, 0.25) is 5.91 Å². The minimum Gasteiger partial charge on any atom is -0.508 e. The lowest BCUT2D eigenvalue weighted by Crippen LogP contribution is -2.60. The van der Waals surface area contributed by atoms with Gasteiger partial charge in [0, 0.05) is 11.6 Å². The summed E-state index contributed by atoms with van der Waals surface area (Å²) >= 11 is 4.38. The number of carbonyl (C=O) groups is 1. The lowest BCUT2D eigenvalue weighted by Gasteiger charge is -2.51.